The van der Waals surface area contributed by atoms with Gasteiger partial charge in [0.2, 0.25) is 5.95 Å². The molecule has 0 spiro atoms. The van der Waals surface area contributed by atoms with Gasteiger partial charge in [-0.3, -0.25) is 4.57 Å². The molecular formula is C52H32IN3S2. The number of aryl methyl sites for hydroxylation is 1. The first-order valence-corrected chi connectivity index (χ1v) is 24.0. The number of hydrogen-bond acceptors (Lipinski definition) is 4. The number of aromatic nitrogens is 3. The maximum Gasteiger partial charge on any atom is 0.235 e. The number of nitrogens with zero attached hydrogens (tertiary/aromatic N) is 3. The summed E-state index contributed by atoms with van der Waals surface area (Å²) < 4.78 is 4.93. The normalized spacial score (nSPS) is 16.4. The molecule has 3 aromatic heterocycles. The Morgan fingerprint density at radius 3 is 2.16 bits per heavy atom. The average Bonchev–Trinajstić information content (AvgIpc) is 3.92. The van der Waals surface area contributed by atoms with Crippen LogP contribution in [0.5, 0.6) is 0 Å². The SMILES string of the molecule is CC1(SI)C2=C(c3ccccc31)c1c(c3c4ccccc4c4ccccc4c3n1-c1nc(-c3ccc4sc5ccccc5c4c3)c3ccc4ccccc4c3n1)CC2. The third kappa shape index (κ3) is 4.40. The zero-order chi connectivity index (χ0) is 38.3. The molecule has 0 fully saturated rings. The van der Waals surface area contributed by atoms with Crippen molar-refractivity contribution in [1.29, 1.82) is 0 Å². The summed E-state index contributed by atoms with van der Waals surface area (Å²) in [5.41, 5.74) is 12.4. The molecule has 0 saturated carbocycles. The molecule has 1 atom stereocenters. The van der Waals surface area contributed by atoms with E-state index in [1.54, 1.807) is 0 Å². The molecule has 58 heavy (non-hydrogen) atoms. The maximum atomic E-state index is 5.79. The Morgan fingerprint density at radius 1 is 0.621 bits per heavy atom. The number of benzene rings is 8. The predicted octanol–water partition coefficient (Wildman–Crippen LogP) is 15.1. The molecule has 1 unspecified atom stereocenters. The standard InChI is InChI=1S/C52H32IN3S2/c1-52(58-53)41-20-10-8-19-37(41)46-42(52)26-25-38-45-35-17-6-4-14-32(35)33-15-5-7-18-36(33)49(45)56(50(38)46)51-54-47(39-24-22-29-12-2-3-13-31(29)48(39)55-51)30-23-27-44-40(28-30)34-16-9-11-21-43(34)57-44/h2-24,27-28H,25-26H2,1H3. The van der Waals surface area contributed by atoms with Crippen LogP contribution in [-0.2, 0) is 11.2 Å². The van der Waals surface area contributed by atoms with Crippen LogP contribution >= 0.6 is 41.5 Å². The Morgan fingerprint density at radius 2 is 1.31 bits per heavy atom. The third-order valence-electron chi connectivity index (χ3n) is 13.0. The van der Waals surface area contributed by atoms with Crippen molar-refractivity contribution in [2.24, 2.45) is 0 Å². The summed E-state index contributed by atoms with van der Waals surface area (Å²) in [6.45, 7) is 2.43. The van der Waals surface area contributed by atoms with Crippen molar-refractivity contribution in [1.82, 2.24) is 14.5 Å². The first kappa shape index (κ1) is 33.4. The Balaban J connectivity index is 1.23. The fraction of sp³-hybridized carbons (Fsp3) is 0.0769. The number of thiophene rings is 1. The minimum atomic E-state index is -0.139. The molecule has 3 heterocycles. The van der Waals surface area contributed by atoms with E-state index in [0.29, 0.717) is 5.95 Å². The molecule has 13 rings (SSSR count). The number of fused-ring (bicyclic) bond motifs is 17. The summed E-state index contributed by atoms with van der Waals surface area (Å²) in [6, 6.07) is 55.8. The zero-order valence-electron chi connectivity index (χ0n) is 31.4. The Kier molecular flexibility index (Phi) is 7.06. The Bertz CT molecular complexity index is 3650. The fourth-order valence-electron chi connectivity index (χ4n) is 10.4. The molecule has 0 aliphatic heterocycles. The average molecular weight is 890 g/mol. The highest BCUT2D eigenvalue weighted by atomic mass is 127. The van der Waals surface area contributed by atoms with Gasteiger partial charge in [0, 0.05) is 52.9 Å². The van der Waals surface area contributed by atoms with Gasteiger partial charge in [-0.25, -0.2) is 9.97 Å². The third-order valence-corrected chi connectivity index (χ3v) is 17.5. The zero-order valence-corrected chi connectivity index (χ0v) is 35.2. The summed E-state index contributed by atoms with van der Waals surface area (Å²) >= 11 is 4.39. The summed E-state index contributed by atoms with van der Waals surface area (Å²) in [6.07, 6.45) is 1.96. The van der Waals surface area contributed by atoms with E-state index in [9.17, 15) is 0 Å². The lowest BCUT2D eigenvalue weighted by Crippen LogP contribution is -2.18. The van der Waals surface area contributed by atoms with Gasteiger partial charge in [-0.2, -0.15) is 0 Å². The molecule has 0 radical (unpaired) electrons. The molecule has 3 nitrogen and oxygen atoms in total. The highest BCUT2D eigenvalue weighted by Gasteiger charge is 2.45. The van der Waals surface area contributed by atoms with E-state index in [2.05, 4.69) is 184 Å². The van der Waals surface area contributed by atoms with E-state index < -0.39 is 0 Å². The minimum absolute atomic E-state index is 0.139. The quantitative estimate of drug-likeness (QED) is 0.131. The van der Waals surface area contributed by atoms with E-state index in [1.165, 1.54) is 91.5 Å². The van der Waals surface area contributed by atoms with Gasteiger partial charge in [0.15, 0.2) is 0 Å². The van der Waals surface area contributed by atoms with Gasteiger partial charge in [0.05, 0.1) is 27.2 Å². The van der Waals surface area contributed by atoms with E-state index in [-0.39, 0.29) is 4.75 Å². The van der Waals surface area contributed by atoms with Gasteiger partial charge in [-0.15, -0.1) is 11.3 Å². The molecular weight excluding hydrogens is 858 g/mol. The van der Waals surface area contributed by atoms with E-state index in [0.717, 1.165) is 40.4 Å². The summed E-state index contributed by atoms with van der Waals surface area (Å²) in [5, 5.41) is 12.3. The second-order valence-corrected chi connectivity index (χ2v) is 19.2. The van der Waals surface area contributed by atoms with E-state index in [4.69, 9.17) is 9.97 Å². The number of rotatable bonds is 3. The molecule has 274 valence electrons. The molecule has 6 heteroatoms. The van der Waals surface area contributed by atoms with Crippen LogP contribution in [-0.4, -0.2) is 14.5 Å². The molecule has 2 aliphatic carbocycles. The van der Waals surface area contributed by atoms with Crippen LogP contribution in [0.1, 0.15) is 35.7 Å². The van der Waals surface area contributed by atoms with Crippen LogP contribution in [0.3, 0.4) is 0 Å². The largest absolute Gasteiger partial charge is 0.277 e. The van der Waals surface area contributed by atoms with Gasteiger partial charge >= 0.3 is 0 Å². The highest BCUT2D eigenvalue weighted by molar-refractivity contribution is 14.2. The van der Waals surface area contributed by atoms with Crippen molar-refractivity contribution in [2.75, 3.05) is 0 Å². The molecule has 0 saturated heterocycles. The van der Waals surface area contributed by atoms with Gasteiger partial charge in [0.25, 0.3) is 0 Å². The molecule has 8 aromatic carbocycles. The second kappa shape index (κ2) is 12.2. The van der Waals surface area contributed by atoms with Crippen molar-refractivity contribution in [3.8, 4) is 17.2 Å². The van der Waals surface area contributed by atoms with Gasteiger partial charge in [-0.1, -0.05) is 136 Å². The minimum Gasteiger partial charge on any atom is -0.277 e. The van der Waals surface area contributed by atoms with Crippen LogP contribution in [0, 0.1) is 0 Å². The first-order valence-electron chi connectivity index (χ1n) is 19.8. The van der Waals surface area contributed by atoms with Crippen molar-refractivity contribution >= 4 is 121 Å². The monoisotopic (exact) mass is 889 g/mol. The van der Waals surface area contributed by atoms with E-state index >= 15 is 0 Å². The highest BCUT2D eigenvalue weighted by Crippen LogP contribution is 2.61. The smallest absolute Gasteiger partial charge is 0.235 e. The topological polar surface area (TPSA) is 30.7 Å². The summed E-state index contributed by atoms with van der Waals surface area (Å²) in [4.78, 5) is 11.5. The fourth-order valence-corrected chi connectivity index (χ4v) is 13.6. The van der Waals surface area contributed by atoms with Crippen molar-refractivity contribution in [2.45, 2.75) is 24.5 Å². The van der Waals surface area contributed by atoms with Gasteiger partial charge < -0.3 is 0 Å². The molecule has 11 aromatic rings. The van der Waals surface area contributed by atoms with Crippen LogP contribution in [0.15, 0.2) is 157 Å². The molecule has 2 aliphatic rings. The van der Waals surface area contributed by atoms with Gasteiger partial charge in [0.1, 0.15) is 0 Å². The molecule has 0 N–H and O–H groups in total. The Hall–Kier alpha value is -5.54. The van der Waals surface area contributed by atoms with Crippen molar-refractivity contribution in [3.63, 3.8) is 0 Å². The molecule has 0 bridgehead atoms. The van der Waals surface area contributed by atoms with Crippen LogP contribution in [0.25, 0.3) is 97.1 Å². The maximum absolute atomic E-state index is 5.79. The first-order chi connectivity index (χ1) is 28.6. The lowest BCUT2D eigenvalue weighted by molar-refractivity contribution is 0.758. The number of hydrogen-bond donors (Lipinski definition) is 0. The lowest BCUT2D eigenvalue weighted by atomic mass is 9.85. The van der Waals surface area contributed by atoms with E-state index in [1.807, 2.05) is 20.3 Å². The van der Waals surface area contributed by atoms with Crippen molar-refractivity contribution in [3.05, 3.63) is 180 Å². The van der Waals surface area contributed by atoms with Gasteiger partial charge in [-0.05, 0) is 109 Å². The van der Waals surface area contributed by atoms with Crippen molar-refractivity contribution < 1.29 is 0 Å². The van der Waals surface area contributed by atoms with Crippen LogP contribution < -0.4 is 0 Å². The summed E-state index contributed by atoms with van der Waals surface area (Å²) in [7, 11) is 1.93. The molecule has 0 amide bonds. The van der Waals surface area contributed by atoms with Crippen LogP contribution in [0.4, 0.5) is 0 Å². The number of halogens is 1. The Labute approximate surface area is 354 Å². The lowest BCUT2D eigenvalue weighted by Gasteiger charge is -2.28. The predicted molar refractivity (Wildman–Crippen MR) is 257 cm³/mol. The summed E-state index contributed by atoms with van der Waals surface area (Å²) in [5.74, 6) is 0.711. The van der Waals surface area contributed by atoms with Crippen LogP contribution in [0.2, 0.25) is 0 Å². The second-order valence-electron chi connectivity index (χ2n) is 15.9.